The summed E-state index contributed by atoms with van der Waals surface area (Å²) in [5.74, 6) is 0. The summed E-state index contributed by atoms with van der Waals surface area (Å²) in [6, 6.07) is 20.9. The van der Waals surface area contributed by atoms with Crippen molar-refractivity contribution in [1.82, 2.24) is 15.0 Å². The van der Waals surface area contributed by atoms with Crippen LogP contribution in [0.3, 0.4) is 0 Å². The minimum absolute atomic E-state index is 0.246. The molecule has 0 saturated heterocycles. The Labute approximate surface area is 172 Å². The van der Waals surface area contributed by atoms with Crippen molar-refractivity contribution in [1.29, 1.82) is 0 Å². The summed E-state index contributed by atoms with van der Waals surface area (Å²) < 4.78 is 27.7. The van der Waals surface area contributed by atoms with Gasteiger partial charge in [0, 0.05) is 19.3 Å². The molecule has 0 radical (unpaired) electrons. The van der Waals surface area contributed by atoms with Crippen LogP contribution in [0.2, 0.25) is 0 Å². The monoisotopic (exact) mass is 407 g/mol. The Hall–Kier alpha value is -2.54. The summed E-state index contributed by atoms with van der Waals surface area (Å²) in [5.41, 5.74) is 4.44. The molecule has 0 bridgehead atoms. The number of pyridine rings is 1. The molecule has 0 amide bonds. The van der Waals surface area contributed by atoms with E-state index in [1.807, 2.05) is 54.7 Å². The van der Waals surface area contributed by atoms with E-state index in [1.54, 1.807) is 12.1 Å². The molecule has 3 aromatic rings. The molecule has 0 saturated carbocycles. The Kier molecular flexibility index (Phi) is 6.04. The Morgan fingerprint density at radius 3 is 2.45 bits per heavy atom. The normalized spacial score (nSPS) is 16.3. The topological polar surface area (TPSA) is 71.1 Å². The zero-order valence-corrected chi connectivity index (χ0v) is 17.0. The smallest absolute Gasteiger partial charge is 0.240 e. The van der Waals surface area contributed by atoms with Crippen LogP contribution in [-0.2, 0) is 29.5 Å². The maximum Gasteiger partial charge on any atom is 0.240 e. The van der Waals surface area contributed by atoms with Crippen molar-refractivity contribution in [2.45, 2.75) is 43.3 Å². The first-order valence-corrected chi connectivity index (χ1v) is 11.4. The number of nitrogens with one attached hydrogen (secondary N) is 2. The van der Waals surface area contributed by atoms with E-state index in [1.165, 1.54) is 5.56 Å². The van der Waals surface area contributed by atoms with E-state index in [0.717, 1.165) is 36.1 Å². The predicted molar refractivity (Wildman–Crippen MR) is 114 cm³/mol. The molecule has 0 spiro atoms. The van der Waals surface area contributed by atoms with Crippen molar-refractivity contribution in [3.63, 3.8) is 0 Å². The third-order valence-electron chi connectivity index (χ3n) is 5.29. The van der Waals surface area contributed by atoms with Crippen LogP contribution in [0.1, 0.15) is 41.3 Å². The van der Waals surface area contributed by atoms with Crippen LogP contribution < -0.4 is 10.0 Å². The lowest BCUT2D eigenvalue weighted by atomic mass is 9.92. The lowest BCUT2D eigenvalue weighted by Crippen LogP contribution is -2.26. The molecule has 0 aliphatic heterocycles. The van der Waals surface area contributed by atoms with Crippen LogP contribution >= 0.6 is 0 Å². The molecule has 4 rings (SSSR count). The number of hydrogen-bond acceptors (Lipinski definition) is 4. The summed E-state index contributed by atoms with van der Waals surface area (Å²) in [7, 11) is -3.53. The fourth-order valence-corrected chi connectivity index (χ4v) is 4.71. The predicted octanol–water partition coefficient (Wildman–Crippen LogP) is 3.73. The van der Waals surface area contributed by atoms with Gasteiger partial charge >= 0.3 is 0 Å². The SMILES string of the molecule is O=S(=O)(NCc1ccccc1)c1ccc(CNC2CCCc3cccnc32)cc1. The van der Waals surface area contributed by atoms with Crippen LogP contribution in [-0.4, -0.2) is 13.4 Å². The highest BCUT2D eigenvalue weighted by molar-refractivity contribution is 7.89. The highest BCUT2D eigenvalue weighted by Gasteiger charge is 2.20. The third kappa shape index (κ3) is 4.90. The molecule has 6 heteroatoms. The van der Waals surface area contributed by atoms with Crippen molar-refractivity contribution < 1.29 is 8.42 Å². The molecule has 29 heavy (non-hydrogen) atoms. The second-order valence-electron chi connectivity index (χ2n) is 7.33. The summed E-state index contributed by atoms with van der Waals surface area (Å²) in [5, 5.41) is 3.57. The third-order valence-corrected chi connectivity index (χ3v) is 6.71. The van der Waals surface area contributed by atoms with Crippen LogP contribution in [0.4, 0.5) is 0 Å². The van der Waals surface area contributed by atoms with E-state index in [-0.39, 0.29) is 17.5 Å². The molecule has 150 valence electrons. The van der Waals surface area contributed by atoms with E-state index in [0.29, 0.717) is 6.54 Å². The number of benzene rings is 2. The summed E-state index contributed by atoms with van der Waals surface area (Å²) in [4.78, 5) is 4.83. The second kappa shape index (κ2) is 8.86. The molecule has 2 aromatic carbocycles. The first-order valence-electron chi connectivity index (χ1n) is 9.91. The average molecular weight is 408 g/mol. The maximum absolute atomic E-state index is 12.5. The molecule has 0 fully saturated rings. The van der Waals surface area contributed by atoms with Gasteiger partial charge in [-0.25, -0.2) is 13.1 Å². The van der Waals surface area contributed by atoms with Gasteiger partial charge in [0.25, 0.3) is 0 Å². The number of fused-ring (bicyclic) bond motifs is 1. The van der Waals surface area contributed by atoms with Crippen LogP contribution in [0.15, 0.2) is 77.8 Å². The molecule has 2 N–H and O–H groups in total. The summed E-state index contributed by atoms with van der Waals surface area (Å²) in [6.45, 7) is 0.957. The van der Waals surface area contributed by atoms with Crippen LogP contribution in [0.25, 0.3) is 0 Å². The first-order chi connectivity index (χ1) is 14.1. The van der Waals surface area contributed by atoms with Crippen molar-refractivity contribution in [3.8, 4) is 0 Å². The highest BCUT2D eigenvalue weighted by atomic mass is 32.2. The minimum Gasteiger partial charge on any atom is -0.305 e. The molecular weight excluding hydrogens is 382 g/mol. The summed E-state index contributed by atoms with van der Waals surface area (Å²) in [6.07, 6.45) is 5.16. The van der Waals surface area contributed by atoms with Gasteiger partial charge in [-0.15, -0.1) is 0 Å². The van der Waals surface area contributed by atoms with Gasteiger partial charge in [-0.2, -0.15) is 0 Å². The molecular formula is C23H25N3O2S. The van der Waals surface area contributed by atoms with Crippen molar-refractivity contribution in [3.05, 3.63) is 95.3 Å². The largest absolute Gasteiger partial charge is 0.305 e. The fraction of sp³-hybridized carbons (Fsp3) is 0.261. The number of hydrogen-bond donors (Lipinski definition) is 2. The quantitative estimate of drug-likeness (QED) is 0.626. The molecule has 1 aliphatic carbocycles. The van der Waals surface area contributed by atoms with Gasteiger partial charge in [-0.05, 0) is 54.2 Å². The van der Waals surface area contributed by atoms with Gasteiger partial charge in [-0.3, -0.25) is 4.98 Å². The molecule has 5 nitrogen and oxygen atoms in total. The zero-order chi connectivity index (χ0) is 20.1. The highest BCUT2D eigenvalue weighted by Crippen LogP contribution is 2.28. The molecule has 1 heterocycles. The lowest BCUT2D eigenvalue weighted by molar-refractivity contribution is 0.447. The summed E-state index contributed by atoms with van der Waals surface area (Å²) >= 11 is 0. The van der Waals surface area contributed by atoms with E-state index < -0.39 is 10.0 Å². The van der Waals surface area contributed by atoms with Crippen molar-refractivity contribution in [2.75, 3.05) is 0 Å². The minimum atomic E-state index is -3.53. The Balaban J connectivity index is 1.37. The Bertz CT molecular complexity index is 1050. The molecule has 1 aromatic heterocycles. The first kappa shape index (κ1) is 19.8. The van der Waals surface area contributed by atoms with Crippen LogP contribution in [0.5, 0.6) is 0 Å². The number of aryl methyl sites for hydroxylation is 1. The zero-order valence-electron chi connectivity index (χ0n) is 16.2. The van der Waals surface area contributed by atoms with Gasteiger partial charge < -0.3 is 5.32 Å². The van der Waals surface area contributed by atoms with Gasteiger partial charge in [0.2, 0.25) is 10.0 Å². The fourth-order valence-electron chi connectivity index (χ4n) is 3.69. The number of sulfonamides is 1. The Morgan fingerprint density at radius 2 is 1.66 bits per heavy atom. The molecule has 1 unspecified atom stereocenters. The Morgan fingerprint density at radius 1 is 0.897 bits per heavy atom. The van der Waals surface area contributed by atoms with E-state index in [2.05, 4.69) is 21.1 Å². The number of nitrogens with zero attached hydrogens (tertiary/aromatic N) is 1. The van der Waals surface area contributed by atoms with E-state index in [9.17, 15) is 8.42 Å². The standard InChI is InChI=1S/C23H25N3O2S/c27-29(28,26-17-18-6-2-1-3-7-18)21-13-11-19(12-14-21)16-25-22-10-4-8-20-9-5-15-24-23(20)22/h1-3,5-7,9,11-15,22,25-26H,4,8,10,16-17H2. The second-order valence-corrected chi connectivity index (χ2v) is 9.09. The average Bonchev–Trinajstić information content (AvgIpc) is 2.77. The van der Waals surface area contributed by atoms with Gasteiger partial charge in [0.05, 0.1) is 16.6 Å². The van der Waals surface area contributed by atoms with Gasteiger partial charge in [0.1, 0.15) is 0 Å². The van der Waals surface area contributed by atoms with Gasteiger partial charge in [0.15, 0.2) is 0 Å². The van der Waals surface area contributed by atoms with E-state index >= 15 is 0 Å². The number of aromatic nitrogens is 1. The molecule has 1 atom stereocenters. The van der Waals surface area contributed by atoms with E-state index in [4.69, 9.17) is 0 Å². The number of rotatable bonds is 7. The van der Waals surface area contributed by atoms with Crippen molar-refractivity contribution >= 4 is 10.0 Å². The molecule has 1 aliphatic rings. The maximum atomic E-state index is 12.5. The van der Waals surface area contributed by atoms with Crippen molar-refractivity contribution in [2.24, 2.45) is 0 Å². The van der Waals surface area contributed by atoms with Crippen LogP contribution in [0, 0.1) is 0 Å². The van der Waals surface area contributed by atoms with Gasteiger partial charge in [-0.1, -0.05) is 48.5 Å². The lowest BCUT2D eigenvalue weighted by Gasteiger charge is -2.25.